The van der Waals surface area contributed by atoms with Gasteiger partial charge in [-0.2, -0.15) is 9.36 Å². The van der Waals surface area contributed by atoms with Gasteiger partial charge in [0, 0.05) is 22.1 Å². The lowest BCUT2D eigenvalue weighted by molar-refractivity contribution is -0.113. The third-order valence-electron chi connectivity index (χ3n) is 3.74. The van der Waals surface area contributed by atoms with Crippen LogP contribution in [0.4, 0.5) is 16.5 Å². The molecule has 0 bridgehead atoms. The Morgan fingerprint density at radius 1 is 1.13 bits per heavy atom. The van der Waals surface area contributed by atoms with Gasteiger partial charge in [-0.15, -0.1) is 11.8 Å². The molecule has 0 spiro atoms. The zero-order chi connectivity index (χ0) is 22.1. The van der Waals surface area contributed by atoms with Crippen molar-refractivity contribution in [2.24, 2.45) is 0 Å². The molecule has 0 aliphatic carbocycles. The number of nitrogens with zero attached hydrogens (tertiary/aromatic N) is 2. The van der Waals surface area contributed by atoms with E-state index >= 15 is 0 Å². The Labute approximate surface area is 198 Å². The number of carbonyl (C=O) groups is 1. The molecule has 0 unspecified atom stereocenters. The largest absolute Gasteiger partial charge is 0.495 e. The van der Waals surface area contributed by atoms with E-state index in [2.05, 4.69) is 25.3 Å². The van der Waals surface area contributed by atoms with Gasteiger partial charge < -0.3 is 15.4 Å². The number of benzene rings is 2. The second-order valence-electron chi connectivity index (χ2n) is 5.96. The molecule has 2 aromatic carbocycles. The van der Waals surface area contributed by atoms with Gasteiger partial charge in [-0.05, 0) is 48.3 Å². The van der Waals surface area contributed by atoms with Gasteiger partial charge in [-0.3, -0.25) is 10.1 Å². The summed E-state index contributed by atoms with van der Waals surface area (Å²) in [5, 5.41) is 10.7. The molecule has 0 aliphatic heterocycles. The van der Waals surface area contributed by atoms with Crippen LogP contribution in [0, 0.1) is 0 Å². The number of anilines is 3. The smallest absolute Gasteiger partial charge is 0.236 e. The highest BCUT2D eigenvalue weighted by molar-refractivity contribution is 8.00. The summed E-state index contributed by atoms with van der Waals surface area (Å²) in [5.41, 5.74) is 1.60. The number of amides is 1. The summed E-state index contributed by atoms with van der Waals surface area (Å²) in [4.78, 5) is 17.4. The van der Waals surface area contributed by atoms with Crippen molar-refractivity contribution in [3.63, 3.8) is 0 Å². The third kappa shape index (κ3) is 7.39. The standard InChI is InChI=1S/C20H21N5O2S4/c1-3-29-20-24-19(31-25-20)23-17(26)12-30-14-8-6-7-13(11-14)21-18(28)22-15-9-4-5-10-16(15)27-2/h4-11H,3,12H2,1-2H3,(H2,21,22,28)(H,23,24,25,26). The fourth-order valence-corrected chi connectivity index (χ4v) is 4.72. The number of rotatable bonds is 9. The molecule has 0 saturated carbocycles. The lowest BCUT2D eigenvalue weighted by Crippen LogP contribution is -2.19. The van der Waals surface area contributed by atoms with Crippen molar-refractivity contribution in [2.75, 3.05) is 34.6 Å². The summed E-state index contributed by atoms with van der Waals surface area (Å²) in [7, 11) is 1.61. The maximum absolute atomic E-state index is 12.2. The van der Waals surface area contributed by atoms with Gasteiger partial charge in [0.1, 0.15) is 5.75 Å². The van der Waals surface area contributed by atoms with Gasteiger partial charge in [0.15, 0.2) is 5.11 Å². The highest BCUT2D eigenvalue weighted by atomic mass is 32.2. The summed E-state index contributed by atoms with van der Waals surface area (Å²) < 4.78 is 9.52. The summed E-state index contributed by atoms with van der Waals surface area (Å²) in [6, 6.07) is 15.3. The van der Waals surface area contributed by atoms with Crippen LogP contribution in [0.2, 0.25) is 0 Å². The maximum atomic E-state index is 12.2. The first-order chi connectivity index (χ1) is 15.1. The maximum Gasteiger partial charge on any atom is 0.236 e. The number of thiocarbonyl (C=S) groups is 1. The molecule has 3 N–H and O–H groups in total. The predicted octanol–water partition coefficient (Wildman–Crippen LogP) is 5.20. The molecule has 0 aliphatic rings. The number of ether oxygens (including phenoxy) is 1. The van der Waals surface area contributed by atoms with Gasteiger partial charge in [-0.1, -0.05) is 36.9 Å². The van der Waals surface area contributed by atoms with Crippen LogP contribution >= 0.6 is 47.3 Å². The first kappa shape index (κ1) is 23.3. The van der Waals surface area contributed by atoms with Crippen molar-refractivity contribution in [3.8, 4) is 5.75 Å². The Balaban J connectivity index is 1.51. The summed E-state index contributed by atoms with van der Waals surface area (Å²) in [6.07, 6.45) is 0. The second-order valence-corrected chi connectivity index (χ2v) is 9.40. The van der Waals surface area contributed by atoms with Gasteiger partial charge in [0.25, 0.3) is 0 Å². The average Bonchev–Trinajstić information content (AvgIpc) is 3.20. The minimum atomic E-state index is -0.124. The Morgan fingerprint density at radius 2 is 1.97 bits per heavy atom. The molecule has 162 valence electrons. The van der Waals surface area contributed by atoms with E-state index in [4.69, 9.17) is 17.0 Å². The molecule has 11 heteroatoms. The molecular weight excluding hydrogens is 471 g/mol. The molecule has 31 heavy (non-hydrogen) atoms. The molecule has 0 radical (unpaired) electrons. The van der Waals surface area contributed by atoms with Crippen LogP contribution < -0.4 is 20.7 Å². The number of thioether (sulfide) groups is 2. The third-order valence-corrected chi connectivity index (χ3v) is 6.42. The molecule has 1 aromatic heterocycles. The van der Waals surface area contributed by atoms with Crippen molar-refractivity contribution in [1.82, 2.24) is 9.36 Å². The van der Waals surface area contributed by atoms with Crippen LogP contribution in [0.1, 0.15) is 6.92 Å². The first-order valence-electron chi connectivity index (χ1n) is 9.27. The van der Waals surface area contributed by atoms with Crippen molar-refractivity contribution in [1.29, 1.82) is 0 Å². The number of methoxy groups -OCH3 is 1. The van der Waals surface area contributed by atoms with Crippen LogP contribution in [-0.4, -0.2) is 39.0 Å². The van der Waals surface area contributed by atoms with Gasteiger partial charge in [0.2, 0.25) is 16.2 Å². The fraction of sp³-hybridized carbons (Fsp3) is 0.200. The number of hydrogen-bond donors (Lipinski definition) is 3. The lowest BCUT2D eigenvalue weighted by atomic mass is 10.3. The quantitative estimate of drug-likeness (QED) is 0.276. The van der Waals surface area contributed by atoms with E-state index in [0.29, 0.717) is 21.1 Å². The molecule has 0 saturated heterocycles. The minimum Gasteiger partial charge on any atom is -0.495 e. The minimum absolute atomic E-state index is 0.124. The average molecular weight is 492 g/mol. The van der Waals surface area contributed by atoms with Crippen molar-refractivity contribution < 1.29 is 9.53 Å². The molecule has 3 aromatic rings. The lowest BCUT2D eigenvalue weighted by Gasteiger charge is -2.13. The summed E-state index contributed by atoms with van der Waals surface area (Å²) in [6.45, 7) is 2.03. The monoisotopic (exact) mass is 491 g/mol. The Hall–Kier alpha value is -2.34. The molecule has 7 nitrogen and oxygen atoms in total. The molecular formula is C20H21N5O2S4. The zero-order valence-electron chi connectivity index (χ0n) is 16.9. The van der Waals surface area contributed by atoms with Crippen LogP contribution in [0.5, 0.6) is 5.75 Å². The van der Waals surface area contributed by atoms with E-state index < -0.39 is 0 Å². The molecule has 3 rings (SSSR count). The molecule has 1 heterocycles. The number of aromatic nitrogens is 2. The zero-order valence-corrected chi connectivity index (χ0v) is 20.1. The van der Waals surface area contributed by atoms with Crippen LogP contribution in [0.25, 0.3) is 0 Å². The van der Waals surface area contributed by atoms with Crippen molar-refractivity contribution in [3.05, 3.63) is 48.5 Å². The fourth-order valence-electron chi connectivity index (χ4n) is 2.45. The first-order valence-corrected chi connectivity index (χ1v) is 12.4. The van der Waals surface area contributed by atoms with Crippen molar-refractivity contribution >= 4 is 74.8 Å². The number of para-hydroxylation sites is 2. The molecule has 0 fully saturated rings. The van der Waals surface area contributed by atoms with E-state index in [9.17, 15) is 4.79 Å². The van der Waals surface area contributed by atoms with Crippen LogP contribution in [0.3, 0.4) is 0 Å². The van der Waals surface area contributed by atoms with E-state index in [0.717, 1.165) is 22.0 Å². The normalized spacial score (nSPS) is 10.4. The predicted molar refractivity (Wildman–Crippen MR) is 135 cm³/mol. The van der Waals surface area contributed by atoms with Crippen LogP contribution in [0.15, 0.2) is 58.6 Å². The van der Waals surface area contributed by atoms with E-state index in [-0.39, 0.29) is 11.7 Å². The Bertz CT molecular complexity index is 1040. The number of nitrogens with one attached hydrogen (secondary N) is 3. The van der Waals surface area contributed by atoms with E-state index in [1.807, 2.05) is 55.5 Å². The summed E-state index contributed by atoms with van der Waals surface area (Å²) in [5.74, 6) is 1.74. The highest BCUT2D eigenvalue weighted by Crippen LogP contribution is 2.25. The number of hydrogen-bond acceptors (Lipinski definition) is 8. The topological polar surface area (TPSA) is 88.2 Å². The number of carbonyl (C=O) groups excluding carboxylic acids is 1. The van der Waals surface area contributed by atoms with Gasteiger partial charge in [-0.25, -0.2) is 0 Å². The van der Waals surface area contributed by atoms with Gasteiger partial charge >= 0.3 is 0 Å². The van der Waals surface area contributed by atoms with E-state index in [1.165, 1.54) is 23.3 Å². The summed E-state index contributed by atoms with van der Waals surface area (Å²) >= 11 is 9.57. The Morgan fingerprint density at radius 3 is 2.77 bits per heavy atom. The molecule has 1 amide bonds. The second kappa shape index (κ2) is 11.9. The highest BCUT2D eigenvalue weighted by Gasteiger charge is 2.09. The van der Waals surface area contributed by atoms with Gasteiger partial charge in [0.05, 0.1) is 18.6 Å². The Kier molecular flexibility index (Phi) is 8.95. The van der Waals surface area contributed by atoms with Crippen LogP contribution in [-0.2, 0) is 4.79 Å². The van der Waals surface area contributed by atoms with E-state index in [1.54, 1.807) is 18.9 Å². The molecule has 0 atom stereocenters. The SMILES string of the molecule is CCSc1nsc(NC(=O)CSc2cccc(NC(=S)Nc3ccccc3OC)c2)n1. The van der Waals surface area contributed by atoms with Crippen molar-refractivity contribution in [2.45, 2.75) is 17.0 Å².